The number of nitro groups is 1. The Morgan fingerprint density at radius 1 is 1.30 bits per heavy atom. The first-order valence-electron chi connectivity index (χ1n) is 9.56. The van der Waals surface area contributed by atoms with Crippen LogP contribution in [0.3, 0.4) is 0 Å². The van der Waals surface area contributed by atoms with Gasteiger partial charge in [-0.15, -0.1) is 0 Å². The van der Waals surface area contributed by atoms with Crippen LogP contribution in [0.15, 0.2) is 47.0 Å². The number of hydrogen-bond donors (Lipinski definition) is 0. The SMILES string of the molecule is Cc1cccc(-c2noc(C3CCCN(C(=O)c4ccc([N+](=O)[O-])cc4Cl)C3)n2)c1. The lowest BCUT2D eigenvalue weighted by Crippen LogP contribution is -2.39. The molecule has 1 aliphatic heterocycles. The predicted octanol–water partition coefficient (Wildman–Crippen LogP) is 4.63. The van der Waals surface area contributed by atoms with Crippen LogP contribution in [0.25, 0.3) is 11.4 Å². The molecule has 2 aromatic carbocycles. The van der Waals surface area contributed by atoms with Crippen LogP contribution in [0.2, 0.25) is 5.02 Å². The Labute approximate surface area is 177 Å². The van der Waals surface area contributed by atoms with E-state index in [4.69, 9.17) is 16.1 Å². The van der Waals surface area contributed by atoms with Crippen molar-refractivity contribution in [1.82, 2.24) is 15.0 Å². The largest absolute Gasteiger partial charge is 0.339 e. The zero-order valence-corrected chi connectivity index (χ0v) is 17.0. The molecule has 0 saturated carbocycles. The van der Waals surface area contributed by atoms with Gasteiger partial charge in [0.05, 0.1) is 21.4 Å². The lowest BCUT2D eigenvalue weighted by atomic mass is 9.97. The first kappa shape index (κ1) is 20.0. The number of nitro benzene ring substituents is 1. The Hall–Kier alpha value is -3.26. The summed E-state index contributed by atoms with van der Waals surface area (Å²) in [5, 5.41) is 15.0. The Morgan fingerprint density at radius 3 is 2.87 bits per heavy atom. The van der Waals surface area contributed by atoms with Crippen molar-refractivity contribution < 1.29 is 14.2 Å². The van der Waals surface area contributed by atoms with E-state index in [2.05, 4.69) is 10.1 Å². The molecule has 0 N–H and O–H groups in total. The maximum absolute atomic E-state index is 12.9. The topological polar surface area (TPSA) is 102 Å². The predicted molar refractivity (Wildman–Crippen MR) is 110 cm³/mol. The van der Waals surface area contributed by atoms with Crippen LogP contribution in [0.5, 0.6) is 0 Å². The minimum Gasteiger partial charge on any atom is -0.339 e. The standard InChI is InChI=1S/C21H19ClN4O4/c1-13-4-2-5-14(10-13)19-23-20(30-24-19)15-6-3-9-25(12-15)21(27)17-8-7-16(26(28)29)11-18(17)22/h2,4-5,7-8,10-11,15H,3,6,9,12H2,1H3. The molecule has 1 amide bonds. The summed E-state index contributed by atoms with van der Waals surface area (Å²) >= 11 is 6.13. The molecule has 1 unspecified atom stereocenters. The van der Waals surface area contributed by atoms with Gasteiger partial charge in [0.25, 0.3) is 11.6 Å². The van der Waals surface area contributed by atoms with Crippen molar-refractivity contribution in [3.63, 3.8) is 0 Å². The molecule has 0 bridgehead atoms. The summed E-state index contributed by atoms with van der Waals surface area (Å²) in [7, 11) is 0. The van der Waals surface area contributed by atoms with Crippen molar-refractivity contribution in [2.45, 2.75) is 25.7 Å². The summed E-state index contributed by atoms with van der Waals surface area (Å²) in [5.41, 5.74) is 2.08. The number of carbonyl (C=O) groups excluding carboxylic acids is 1. The number of hydrogen-bond acceptors (Lipinski definition) is 6. The van der Waals surface area contributed by atoms with Crippen LogP contribution >= 0.6 is 11.6 Å². The first-order valence-corrected chi connectivity index (χ1v) is 9.94. The zero-order valence-electron chi connectivity index (χ0n) is 16.2. The molecule has 4 rings (SSSR count). The molecule has 1 fully saturated rings. The number of halogens is 1. The van der Waals surface area contributed by atoms with Gasteiger partial charge in [-0.3, -0.25) is 14.9 Å². The van der Waals surface area contributed by atoms with E-state index in [1.807, 2.05) is 31.2 Å². The summed E-state index contributed by atoms with van der Waals surface area (Å²) in [6, 6.07) is 11.7. The number of piperidine rings is 1. The van der Waals surface area contributed by atoms with Crippen molar-refractivity contribution >= 4 is 23.2 Å². The maximum Gasteiger partial charge on any atom is 0.270 e. The molecule has 0 aliphatic carbocycles. The fourth-order valence-corrected chi connectivity index (χ4v) is 3.88. The molecule has 3 aromatic rings. The van der Waals surface area contributed by atoms with E-state index in [-0.39, 0.29) is 28.1 Å². The number of carbonyl (C=O) groups is 1. The molecule has 1 saturated heterocycles. The van der Waals surface area contributed by atoms with Crippen molar-refractivity contribution in [3.05, 3.63) is 74.6 Å². The van der Waals surface area contributed by atoms with Gasteiger partial charge in [-0.25, -0.2) is 0 Å². The van der Waals surface area contributed by atoms with Crippen LogP contribution in [-0.4, -0.2) is 39.0 Å². The third kappa shape index (κ3) is 4.04. The molecule has 9 heteroatoms. The number of rotatable bonds is 4. The number of amides is 1. The molecule has 0 spiro atoms. The van der Waals surface area contributed by atoms with E-state index in [0.29, 0.717) is 24.8 Å². The summed E-state index contributed by atoms with van der Waals surface area (Å²) in [6.45, 7) is 2.99. The third-order valence-electron chi connectivity index (χ3n) is 5.17. The lowest BCUT2D eigenvalue weighted by Gasteiger charge is -2.31. The number of aryl methyl sites for hydroxylation is 1. The van der Waals surface area contributed by atoms with Gasteiger partial charge in [0.1, 0.15) is 0 Å². The van der Waals surface area contributed by atoms with Gasteiger partial charge in [-0.1, -0.05) is 40.5 Å². The minimum absolute atomic E-state index is 0.0656. The molecule has 1 aliphatic rings. The summed E-state index contributed by atoms with van der Waals surface area (Å²) < 4.78 is 5.50. The van der Waals surface area contributed by atoms with Gasteiger partial charge in [-0.05, 0) is 31.9 Å². The number of aromatic nitrogens is 2. The summed E-state index contributed by atoms with van der Waals surface area (Å²) in [4.78, 5) is 29.5. The maximum atomic E-state index is 12.9. The molecule has 1 aromatic heterocycles. The smallest absolute Gasteiger partial charge is 0.270 e. The normalized spacial score (nSPS) is 16.5. The van der Waals surface area contributed by atoms with E-state index in [9.17, 15) is 14.9 Å². The van der Waals surface area contributed by atoms with Gasteiger partial charge in [0.15, 0.2) is 0 Å². The molecular weight excluding hydrogens is 408 g/mol. The number of non-ortho nitro benzene ring substituents is 1. The highest BCUT2D eigenvalue weighted by molar-refractivity contribution is 6.34. The second-order valence-corrected chi connectivity index (χ2v) is 7.74. The van der Waals surface area contributed by atoms with E-state index >= 15 is 0 Å². The fourth-order valence-electron chi connectivity index (χ4n) is 3.63. The molecule has 0 radical (unpaired) electrons. The molecule has 8 nitrogen and oxygen atoms in total. The van der Waals surface area contributed by atoms with Gasteiger partial charge in [0.2, 0.25) is 11.7 Å². The first-order chi connectivity index (χ1) is 14.4. The Balaban J connectivity index is 1.51. The molecule has 1 atom stereocenters. The van der Waals surface area contributed by atoms with Crippen LogP contribution in [-0.2, 0) is 0 Å². The number of nitrogens with zero attached hydrogens (tertiary/aromatic N) is 4. The van der Waals surface area contributed by atoms with Crippen LogP contribution in [0, 0.1) is 17.0 Å². The highest BCUT2D eigenvalue weighted by atomic mass is 35.5. The molecular formula is C21H19ClN4O4. The van der Waals surface area contributed by atoms with E-state index < -0.39 is 4.92 Å². The van der Waals surface area contributed by atoms with Gasteiger partial charge in [0, 0.05) is 30.8 Å². The van der Waals surface area contributed by atoms with Crippen molar-refractivity contribution in [3.8, 4) is 11.4 Å². The summed E-state index contributed by atoms with van der Waals surface area (Å²) in [5.74, 6) is 0.679. The van der Waals surface area contributed by atoms with E-state index in [0.717, 1.165) is 24.0 Å². The monoisotopic (exact) mass is 426 g/mol. The Bertz CT molecular complexity index is 1110. The molecule has 30 heavy (non-hydrogen) atoms. The second kappa shape index (κ2) is 8.23. The third-order valence-corrected chi connectivity index (χ3v) is 5.48. The van der Waals surface area contributed by atoms with Crippen molar-refractivity contribution in [1.29, 1.82) is 0 Å². The zero-order chi connectivity index (χ0) is 21.3. The van der Waals surface area contributed by atoms with Crippen molar-refractivity contribution in [2.75, 3.05) is 13.1 Å². The molecule has 154 valence electrons. The average Bonchev–Trinajstić information content (AvgIpc) is 3.24. The highest BCUT2D eigenvalue weighted by Crippen LogP contribution is 2.30. The van der Waals surface area contributed by atoms with Crippen LogP contribution in [0.4, 0.5) is 5.69 Å². The second-order valence-electron chi connectivity index (χ2n) is 7.34. The molecule has 2 heterocycles. The van der Waals surface area contributed by atoms with Gasteiger partial charge in [-0.2, -0.15) is 4.98 Å². The van der Waals surface area contributed by atoms with Gasteiger partial charge >= 0.3 is 0 Å². The van der Waals surface area contributed by atoms with Crippen LogP contribution < -0.4 is 0 Å². The minimum atomic E-state index is -0.543. The Morgan fingerprint density at radius 2 is 2.13 bits per heavy atom. The van der Waals surface area contributed by atoms with Gasteiger partial charge < -0.3 is 9.42 Å². The number of benzene rings is 2. The lowest BCUT2D eigenvalue weighted by molar-refractivity contribution is -0.384. The quantitative estimate of drug-likeness (QED) is 0.445. The van der Waals surface area contributed by atoms with E-state index in [1.165, 1.54) is 18.2 Å². The Kier molecular flexibility index (Phi) is 5.50. The highest BCUT2D eigenvalue weighted by Gasteiger charge is 2.30. The summed E-state index contributed by atoms with van der Waals surface area (Å²) in [6.07, 6.45) is 1.61. The fraction of sp³-hybridized carbons (Fsp3) is 0.286. The van der Waals surface area contributed by atoms with Crippen molar-refractivity contribution in [2.24, 2.45) is 0 Å². The van der Waals surface area contributed by atoms with Crippen LogP contribution in [0.1, 0.15) is 40.6 Å². The number of likely N-dealkylation sites (tertiary alicyclic amines) is 1. The average molecular weight is 427 g/mol. The van der Waals surface area contributed by atoms with E-state index in [1.54, 1.807) is 4.90 Å².